The van der Waals surface area contributed by atoms with E-state index in [2.05, 4.69) is 57.9 Å². The average molecular weight is 385 g/mol. The molecule has 4 rings (SSSR count). The van der Waals surface area contributed by atoms with E-state index in [4.69, 9.17) is 4.74 Å². The summed E-state index contributed by atoms with van der Waals surface area (Å²) in [6.45, 7) is 0. The van der Waals surface area contributed by atoms with Crippen LogP contribution in [0.1, 0.15) is 0 Å². The lowest BCUT2D eigenvalue weighted by atomic mass is 10.1. The van der Waals surface area contributed by atoms with Crippen molar-refractivity contribution in [3.8, 4) is 11.5 Å². The van der Waals surface area contributed by atoms with Crippen molar-refractivity contribution in [1.82, 2.24) is 4.98 Å². The van der Waals surface area contributed by atoms with Gasteiger partial charge >= 0.3 is 0 Å². The van der Waals surface area contributed by atoms with Crippen LogP contribution in [0.3, 0.4) is 0 Å². The number of H-pyrrole nitrogens is 1. The molecule has 0 aliphatic heterocycles. The van der Waals surface area contributed by atoms with Crippen molar-refractivity contribution in [1.29, 1.82) is 0 Å². The normalized spacial score (nSPS) is 11.1. The smallest absolute Gasteiger partial charge is 0.129 e. The molecule has 1 N–H and O–H groups in total. The van der Waals surface area contributed by atoms with Gasteiger partial charge in [0.15, 0.2) is 0 Å². The van der Waals surface area contributed by atoms with Crippen LogP contribution in [0.2, 0.25) is 0 Å². The molecule has 0 saturated heterocycles. The molecule has 0 fully saturated rings. The molecule has 0 aliphatic rings. The summed E-state index contributed by atoms with van der Waals surface area (Å²) in [5, 5.41) is 2.47. The van der Waals surface area contributed by atoms with E-state index in [-0.39, 0.29) is 0 Å². The standard InChI is InChI=1S/C18H12INO/c19-12-4-3-5-13(10-12)21-14-8-9-16-15-6-1-2-7-17(15)20-18(16)11-14/h1-11,20H. The summed E-state index contributed by atoms with van der Waals surface area (Å²) in [6, 6.07) is 22.5. The van der Waals surface area contributed by atoms with Crippen LogP contribution in [0, 0.1) is 3.57 Å². The van der Waals surface area contributed by atoms with E-state index in [0.717, 1.165) is 26.1 Å². The number of benzene rings is 3. The number of ether oxygens (including phenoxy) is 1. The molecule has 4 aromatic rings. The summed E-state index contributed by atoms with van der Waals surface area (Å²) in [5.41, 5.74) is 2.25. The third-order valence-corrected chi connectivity index (χ3v) is 4.18. The fraction of sp³-hybridized carbons (Fsp3) is 0. The lowest BCUT2D eigenvalue weighted by Crippen LogP contribution is -1.84. The van der Waals surface area contributed by atoms with E-state index >= 15 is 0 Å². The molecule has 0 amide bonds. The second-order valence-corrected chi connectivity index (χ2v) is 6.18. The minimum absolute atomic E-state index is 0.844. The minimum atomic E-state index is 0.844. The Hall–Kier alpha value is -2.01. The Morgan fingerprint density at radius 2 is 1.52 bits per heavy atom. The van der Waals surface area contributed by atoms with Crippen LogP contribution in [0.25, 0.3) is 21.8 Å². The quantitative estimate of drug-likeness (QED) is 0.439. The molecule has 3 aromatic carbocycles. The first kappa shape index (κ1) is 12.7. The summed E-state index contributed by atoms with van der Waals surface area (Å²) in [4.78, 5) is 3.43. The van der Waals surface area contributed by atoms with Crippen LogP contribution in [-0.4, -0.2) is 4.98 Å². The second kappa shape index (κ2) is 5.07. The summed E-state index contributed by atoms with van der Waals surface area (Å²) >= 11 is 2.29. The highest BCUT2D eigenvalue weighted by Gasteiger charge is 2.05. The zero-order valence-electron chi connectivity index (χ0n) is 11.1. The number of rotatable bonds is 2. The number of nitrogens with one attached hydrogen (secondary N) is 1. The summed E-state index contributed by atoms with van der Waals surface area (Å²) in [7, 11) is 0. The molecule has 102 valence electrons. The highest BCUT2D eigenvalue weighted by atomic mass is 127. The number of halogens is 1. The molecule has 0 unspecified atom stereocenters. The maximum atomic E-state index is 5.94. The summed E-state index contributed by atoms with van der Waals surface area (Å²) in [5.74, 6) is 1.70. The molecule has 0 radical (unpaired) electrons. The highest BCUT2D eigenvalue weighted by molar-refractivity contribution is 14.1. The highest BCUT2D eigenvalue weighted by Crippen LogP contribution is 2.30. The fourth-order valence-corrected chi connectivity index (χ4v) is 3.08. The third-order valence-electron chi connectivity index (χ3n) is 3.51. The summed E-state index contributed by atoms with van der Waals surface area (Å²) < 4.78 is 7.10. The Kier molecular flexibility index (Phi) is 3.07. The Labute approximate surface area is 135 Å². The van der Waals surface area contributed by atoms with Gasteiger partial charge in [-0.1, -0.05) is 24.3 Å². The zero-order valence-corrected chi connectivity index (χ0v) is 13.3. The van der Waals surface area contributed by atoms with Gasteiger partial charge in [-0.25, -0.2) is 0 Å². The second-order valence-electron chi connectivity index (χ2n) is 4.94. The number of fused-ring (bicyclic) bond motifs is 3. The van der Waals surface area contributed by atoms with Crippen molar-refractivity contribution >= 4 is 44.4 Å². The zero-order chi connectivity index (χ0) is 14.2. The molecule has 0 aliphatic carbocycles. The molecule has 0 spiro atoms. The number of hydrogen-bond donors (Lipinski definition) is 1. The maximum Gasteiger partial charge on any atom is 0.129 e. The Bertz CT molecular complexity index is 942. The lowest BCUT2D eigenvalue weighted by molar-refractivity contribution is 0.483. The van der Waals surface area contributed by atoms with E-state index < -0.39 is 0 Å². The predicted molar refractivity (Wildman–Crippen MR) is 95.0 cm³/mol. The van der Waals surface area contributed by atoms with Crippen molar-refractivity contribution in [3.63, 3.8) is 0 Å². The molecule has 2 nitrogen and oxygen atoms in total. The van der Waals surface area contributed by atoms with Gasteiger partial charge in [-0.05, 0) is 59.0 Å². The van der Waals surface area contributed by atoms with Crippen molar-refractivity contribution in [2.24, 2.45) is 0 Å². The van der Waals surface area contributed by atoms with Gasteiger partial charge in [0, 0.05) is 25.9 Å². The fourth-order valence-electron chi connectivity index (χ4n) is 2.56. The number of aromatic nitrogens is 1. The topological polar surface area (TPSA) is 25.0 Å². The Balaban J connectivity index is 1.78. The van der Waals surface area contributed by atoms with E-state index in [1.54, 1.807) is 0 Å². The molecule has 21 heavy (non-hydrogen) atoms. The van der Waals surface area contributed by atoms with Crippen LogP contribution < -0.4 is 4.74 Å². The molecule has 0 atom stereocenters. The first-order chi connectivity index (χ1) is 10.3. The minimum Gasteiger partial charge on any atom is -0.457 e. The van der Waals surface area contributed by atoms with Crippen LogP contribution in [0.5, 0.6) is 11.5 Å². The number of hydrogen-bond acceptors (Lipinski definition) is 1. The van der Waals surface area contributed by atoms with Crippen molar-refractivity contribution in [3.05, 3.63) is 70.3 Å². The van der Waals surface area contributed by atoms with Gasteiger partial charge in [0.25, 0.3) is 0 Å². The summed E-state index contributed by atoms with van der Waals surface area (Å²) in [6.07, 6.45) is 0. The van der Waals surface area contributed by atoms with Crippen LogP contribution in [0.4, 0.5) is 0 Å². The van der Waals surface area contributed by atoms with Gasteiger partial charge in [0.1, 0.15) is 11.5 Å². The molecule has 1 aromatic heterocycles. The van der Waals surface area contributed by atoms with E-state index in [9.17, 15) is 0 Å². The number of aromatic amines is 1. The molecular formula is C18H12INO. The molecular weight excluding hydrogens is 373 g/mol. The monoisotopic (exact) mass is 385 g/mol. The van der Waals surface area contributed by atoms with Gasteiger partial charge in [0.2, 0.25) is 0 Å². The van der Waals surface area contributed by atoms with E-state index in [1.807, 2.05) is 36.4 Å². The van der Waals surface area contributed by atoms with Crippen LogP contribution in [-0.2, 0) is 0 Å². The maximum absolute atomic E-state index is 5.94. The van der Waals surface area contributed by atoms with Gasteiger partial charge < -0.3 is 9.72 Å². The lowest BCUT2D eigenvalue weighted by Gasteiger charge is -2.06. The van der Waals surface area contributed by atoms with Crippen molar-refractivity contribution in [2.75, 3.05) is 0 Å². The van der Waals surface area contributed by atoms with E-state index in [0.29, 0.717) is 0 Å². The average Bonchev–Trinajstić information content (AvgIpc) is 2.85. The molecule has 0 saturated carbocycles. The first-order valence-electron chi connectivity index (χ1n) is 6.73. The first-order valence-corrected chi connectivity index (χ1v) is 7.81. The van der Waals surface area contributed by atoms with Crippen molar-refractivity contribution in [2.45, 2.75) is 0 Å². The molecule has 1 heterocycles. The SMILES string of the molecule is Ic1cccc(Oc2ccc3c(c2)[nH]c2ccccc23)c1. The van der Waals surface area contributed by atoms with Gasteiger partial charge in [-0.2, -0.15) is 0 Å². The van der Waals surface area contributed by atoms with Gasteiger partial charge in [-0.3, -0.25) is 0 Å². The van der Waals surface area contributed by atoms with E-state index in [1.165, 1.54) is 10.8 Å². The van der Waals surface area contributed by atoms with Gasteiger partial charge in [-0.15, -0.1) is 0 Å². The Morgan fingerprint density at radius 1 is 0.714 bits per heavy atom. The van der Waals surface area contributed by atoms with Crippen molar-refractivity contribution < 1.29 is 4.74 Å². The molecule has 0 bridgehead atoms. The largest absolute Gasteiger partial charge is 0.457 e. The predicted octanol–water partition coefficient (Wildman–Crippen LogP) is 5.72. The van der Waals surface area contributed by atoms with Crippen LogP contribution in [0.15, 0.2) is 66.7 Å². The molecule has 3 heteroatoms. The van der Waals surface area contributed by atoms with Crippen LogP contribution >= 0.6 is 22.6 Å². The Morgan fingerprint density at radius 3 is 2.43 bits per heavy atom. The number of para-hydroxylation sites is 1. The van der Waals surface area contributed by atoms with Gasteiger partial charge in [0.05, 0.1) is 5.52 Å². The third kappa shape index (κ3) is 2.38.